The smallest absolute Gasteiger partial charge is 0.300 e. The number of H-pyrrole nitrogens is 1. The van der Waals surface area contributed by atoms with Crippen molar-refractivity contribution in [1.82, 2.24) is 4.98 Å². The molecule has 0 saturated heterocycles. The van der Waals surface area contributed by atoms with Gasteiger partial charge in [0.25, 0.3) is 10.1 Å². The zero-order valence-corrected chi connectivity index (χ0v) is 12.0. The van der Waals surface area contributed by atoms with E-state index in [4.69, 9.17) is 4.55 Å². The Labute approximate surface area is 112 Å². The Morgan fingerprint density at radius 1 is 1.28 bits per heavy atom. The van der Waals surface area contributed by atoms with Crippen LogP contribution in [0.1, 0.15) is 11.3 Å². The standard InChI is InChI=1S/C11H10BrNO4S/c1-5-3-7(12)4-8-9(5)10(14)11(6(2)13-8)18(15,16)17/h3-4H,1-2H3,(H,13,14)(H,15,16,17). The minimum absolute atomic E-state index is 0.118. The average molecular weight is 332 g/mol. The molecule has 0 aliphatic heterocycles. The van der Waals surface area contributed by atoms with E-state index in [9.17, 15) is 13.2 Å². The second kappa shape index (κ2) is 4.18. The molecule has 0 saturated carbocycles. The van der Waals surface area contributed by atoms with Crippen LogP contribution >= 0.6 is 15.9 Å². The predicted molar refractivity (Wildman–Crippen MR) is 71.6 cm³/mol. The van der Waals surface area contributed by atoms with E-state index in [0.29, 0.717) is 11.1 Å². The van der Waals surface area contributed by atoms with E-state index in [1.807, 2.05) is 0 Å². The highest BCUT2D eigenvalue weighted by Gasteiger charge is 2.21. The van der Waals surface area contributed by atoms with Crippen LogP contribution in [0.15, 0.2) is 26.3 Å². The van der Waals surface area contributed by atoms with E-state index < -0.39 is 20.4 Å². The van der Waals surface area contributed by atoms with Gasteiger partial charge in [0.05, 0.1) is 5.52 Å². The summed E-state index contributed by atoms with van der Waals surface area (Å²) in [4.78, 5) is 14.4. The number of rotatable bonds is 1. The number of nitrogens with one attached hydrogen (secondary N) is 1. The second-order valence-corrected chi connectivity index (χ2v) is 6.30. The minimum Gasteiger partial charge on any atom is -0.357 e. The van der Waals surface area contributed by atoms with Gasteiger partial charge < -0.3 is 4.98 Å². The molecule has 1 aromatic carbocycles. The van der Waals surface area contributed by atoms with Crippen molar-refractivity contribution in [2.45, 2.75) is 18.7 Å². The van der Waals surface area contributed by atoms with E-state index in [2.05, 4.69) is 20.9 Å². The van der Waals surface area contributed by atoms with Crippen molar-refractivity contribution >= 4 is 37.0 Å². The van der Waals surface area contributed by atoms with Crippen LogP contribution in [0.3, 0.4) is 0 Å². The third-order valence-corrected chi connectivity index (χ3v) is 4.12. The van der Waals surface area contributed by atoms with Gasteiger partial charge in [-0.15, -0.1) is 0 Å². The molecule has 2 N–H and O–H groups in total. The van der Waals surface area contributed by atoms with Crippen molar-refractivity contribution in [3.05, 3.63) is 38.1 Å². The third kappa shape index (κ3) is 2.09. The van der Waals surface area contributed by atoms with Gasteiger partial charge in [-0.25, -0.2) is 0 Å². The van der Waals surface area contributed by atoms with Crippen molar-refractivity contribution in [1.29, 1.82) is 0 Å². The molecule has 1 aromatic heterocycles. The van der Waals surface area contributed by atoms with Crippen molar-refractivity contribution in [3.63, 3.8) is 0 Å². The van der Waals surface area contributed by atoms with Crippen molar-refractivity contribution in [3.8, 4) is 0 Å². The highest BCUT2D eigenvalue weighted by atomic mass is 79.9. The minimum atomic E-state index is -4.54. The van der Waals surface area contributed by atoms with Crippen LogP contribution in [0.5, 0.6) is 0 Å². The topological polar surface area (TPSA) is 87.2 Å². The number of pyridine rings is 1. The molecule has 2 rings (SSSR count). The molecule has 1 heterocycles. The summed E-state index contributed by atoms with van der Waals surface area (Å²) < 4.78 is 32.3. The Hall–Kier alpha value is -1.18. The van der Waals surface area contributed by atoms with Gasteiger partial charge in [-0.05, 0) is 31.5 Å². The Morgan fingerprint density at radius 2 is 1.89 bits per heavy atom. The maximum absolute atomic E-state index is 12.2. The van der Waals surface area contributed by atoms with E-state index >= 15 is 0 Å². The highest BCUT2D eigenvalue weighted by Crippen LogP contribution is 2.22. The number of hydrogen-bond acceptors (Lipinski definition) is 3. The molecule has 2 aromatic rings. The van der Waals surface area contributed by atoms with Gasteiger partial charge >= 0.3 is 0 Å². The van der Waals surface area contributed by atoms with Crippen LogP contribution in [0.25, 0.3) is 10.9 Å². The predicted octanol–water partition coefficient (Wildman–Crippen LogP) is 2.15. The van der Waals surface area contributed by atoms with Crippen LogP contribution in [0.2, 0.25) is 0 Å². The first kappa shape index (κ1) is 13.3. The van der Waals surface area contributed by atoms with Crippen molar-refractivity contribution in [2.75, 3.05) is 0 Å². The first-order chi connectivity index (χ1) is 8.21. The number of hydrogen-bond donors (Lipinski definition) is 2. The molecule has 5 nitrogen and oxygen atoms in total. The fourth-order valence-electron chi connectivity index (χ4n) is 2.00. The fourth-order valence-corrected chi connectivity index (χ4v) is 3.34. The number of aromatic amines is 1. The zero-order valence-electron chi connectivity index (χ0n) is 9.61. The number of halogens is 1. The van der Waals surface area contributed by atoms with Gasteiger partial charge in [0.15, 0.2) is 4.90 Å². The van der Waals surface area contributed by atoms with Gasteiger partial charge in [-0.2, -0.15) is 8.42 Å². The van der Waals surface area contributed by atoms with Gasteiger partial charge in [-0.3, -0.25) is 9.35 Å². The van der Waals surface area contributed by atoms with Crippen LogP contribution in [-0.4, -0.2) is 18.0 Å². The van der Waals surface area contributed by atoms with Crippen LogP contribution < -0.4 is 5.43 Å². The normalized spacial score (nSPS) is 12.0. The summed E-state index contributed by atoms with van der Waals surface area (Å²) in [6.07, 6.45) is 0. The van der Waals surface area contributed by atoms with Gasteiger partial charge in [-0.1, -0.05) is 15.9 Å². The Kier molecular flexibility index (Phi) is 3.08. The molecule has 0 aliphatic rings. The molecule has 0 atom stereocenters. The van der Waals surface area contributed by atoms with Crippen LogP contribution in [0, 0.1) is 13.8 Å². The maximum Gasteiger partial charge on any atom is 0.300 e. The molecule has 0 amide bonds. The molecule has 18 heavy (non-hydrogen) atoms. The summed E-state index contributed by atoms with van der Waals surface area (Å²) in [7, 11) is -4.54. The first-order valence-corrected chi connectivity index (χ1v) is 7.25. The Bertz CT molecular complexity index is 808. The molecular weight excluding hydrogens is 322 g/mol. The summed E-state index contributed by atoms with van der Waals surface area (Å²) >= 11 is 3.30. The highest BCUT2D eigenvalue weighted by molar-refractivity contribution is 9.10. The lowest BCUT2D eigenvalue weighted by Crippen LogP contribution is -2.18. The number of aryl methyl sites for hydroxylation is 2. The van der Waals surface area contributed by atoms with E-state index in [0.717, 1.165) is 4.47 Å². The summed E-state index contributed by atoms with van der Waals surface area (Å²) in [5.74, 6) is 0. The number of benzene rings is 1. The molecule has 0 aliphatic carbocycles. The van der Waals surface area contributed by atoms with Gasteiger partial charge in [0.1, 0.15) is 0 Å². The average Bonchev–Trinajstić information content (AvgIpc) is 2.11. The van der Waals surface area contributed by atoms with E-state index in [1.165, 1.54) is 6.92 Å². The molecule has 0 fully saturated rings. The molecule has 7 heteroatoms. The number of aromatic nitrogens is 1. The van der Waals surface area contributed by atoms with Gasteiger partial charge in [0.2, 0.25) is 5.43 Å². The lowest BCUT2D eigenvalue weighted by Gasteiger charge is -2.08. The SMILES string of the molecule is Cc1[nH]c2cc(Br)cc(C)c2c(=O)c1S(=O)(=O)O. The molecule has 0 unspecified atom stereocenters. The fraction of sp³-hybridized carbons (Fsp3) is 0.182. The Morgan fingerprint density at radius 3 is 2.44 bits per heavy atom. The quantitative estimate of drug-likeness (QED) is 0.784. The molecule has 0 radical (unpaired) electrons. The lowest BCUT2D eigenvalue weighted by atomic mass is 10.1. The van der Waals surface area contributed by atoms with E-state index in [1.54, 1.807) is 19.1 Å². The molecule has 0 bridgehead atoms. The molecular formula is C11H10BrNO4S. The lowest BCUT2D eigenvalue weighted by molar-refractivity contribution is 0.481. The molecule has 0 spiro atoms. The largest absolute Gasteiger partial charge is 0.357 e. The zero-order chi connectivity index (χ0) is 13.7. The summed E-state index contributed by atoms with van der Waals surface area (Å²) in [6, 6.07) is 3.39. The maximum atomic E-state index is 12.2. The summed E-state index contributed by atoms with van der Waals surface area (Å²) in [6.45, 7) is 3.13. The van der Waals surface area contributed by atoms with Gasteiger partial charge in [0, 0.05) is 15.6 Å². The van der Waals surface area contributed by atoms with E-state index in [-0.39, 0.29) is 11.1 Å². The van der Waals surface area contributed by atoms with Crippen LogP contribution in [-0.2, 0) is 10.1 Å². The monoisotopic (exact) mass is 331 g/mol. The van der Waals surface area contributed by atoms with Crippen molar-refractivity contribution in [2.24, 2.45) is 0 Å². The van der Waals surface area contributed by atoms with Crippen molar-refractivity contribution < 1.29 is 13.0 Å². The third-order valence-electron chi connectivity index (χ3n) is 2.65. The second-order valence-electron chi connectivity index (χ2n) is 4.03. The first-order valence-electron chi connectivity index (χ1n) is 5.02. The molecule has 96 valence electrons. The number of fused-ring (bicyclic) bond motifs is 1. The summed E-state index contributed by atoms with van der Waals surface area (Å²) in [5.41, 5.74) is 0.587. The Balaban J connectivity index is 3.09. The van der Waals surface area contributed by atoms with Crippen LogP contribution in [0.4, 0.5) is 0 Å². The summed E-state index contributed by atoms with van der Waals surface area (Å²) in [5, 5.41) is 0.261.